The zero-order valence-electron chi connectivity index (χ0n) is 6.75. The lowest BCUT2D eigenvalue weighted by Crippen LogP contribution is -2.09. The molecule has 66 valence electrons. The highest BCUT2D eigenvalue weighted by Gasteiger charge is 1.99. The van der Waals surface area contributed by atoms with Crippen LogP contribution in [0.15, 0.2) is 24.3 Å². The van der Waals surface area contributed by atoms with Crippen LogP contribution in [0.3, 0.4) is 0 Å². The molecule has 0 aliphatic rings. The molecule has 0 saturated carbocycles. The molecule has 0 fully saturated rings. The van der Waals surface area contributed by atoms with Crippen molar-refractivity contribution in [2.75, 3.05) is 5.32 Å². The van der Waals surface area contributed by atoms with Crippen LogP contribution in [0.2, 0.25) is 0 Å². The van der Waals surface area contributed by atoms with Crippen LogP contribution in [0.25, 0.3) is 0 Å². The summed E-state index contributed by atoms with van der Waals surface area (Å²) in [5.41, 5.74) is 0.723. The lowest BCUT2D eigenvalue weighted by Gasteiger charge is -2.01. The number of nitriles is 1. The van der Waals surface area contributed by atoms with Crippen molar-refractivity contribution in [3.8, 4) is 6.07 Å². The van der Waals surface area contributed by atoms with Crippen molar-refractivity contribution < 1.29 is 4.79 Å². The largest absolute Gasteiger partial charge is 0.325 e. The number of anilines is 1. The molecule has 0 radical (unpaired) electrons. The summed E-state index contributed by atoms with van der Waals surface area (Å²) in [6.45, 7) is 0. The van der Waals surface area contributed by atoms with Gasteiger partial charge >= 0.3 is 0 Å². The van der Waals surface area contributed by atoms with Gasteiger partial charge in [0.1, 0.15) is 6.42 Å². The van der Waals surface area contributed by atoms with Gasteiger partial charge in [-0.15, -0.1) is 0 Å². The second kappa shape index (κ2) is 4.82. The van der Waals surface area contributed by atoms with E-state index in [2.05, 4.69) is 27.9 Å². The topological polar surface area (TPSA) is 52.9 Å². The molecule has 0 aliphatic heterocycles. The van der Waals surface area contributed by atoms with Crippen molar-refractivity contribution in [3.63, 3.8) is 0 Å². The lowest BCUT2D eigenvalue weighted by molar-refractivity contribution is -0.115. The van der Waals surface area contributed by atoms with E-state index >= 15 is 0 Å². The third-order valence-electron chi connectivity index (χ3n) is 1.37. The molecule has 0 bridgehead atoms. The number of carbonyl (C=O) groups is 1. The van der Waals surface area contributed by atoms with Crippen LogP contribution < -0.4 is 5.32 Å². The number of rotatable bonds is 2. The summed E-state index contributed by atoms with van der Waals surface area (Å²) in [7, 11) is 0. The van der Waals surface area contributed by atoms with Gasteiger partial charge in [-0.2, -0.15) is 5.26 Å². The van der Waals surface area contributed by atoms with Gasteiger partial charge in [-0.25, -0.2) is 0 Å². The number of carbonyl (C=O) groups excluding carboxylic acids is 1. The van der Waals surface area contributed by atoms with E-state index in [1.54, 1.807) is 18.2 Å². The Labute approximate surface area is 89.9 Å². The average molecular weight is 286 g/mol. The normalized spacial score (nSPS) is 8.92. The minimum absolute atomic E-state index is 0.105. The van der Waals surface area contributed by atoms with E-state index in [-0.39, 0.29) is 12.3 Å². The molecule has 0 aliphatic carbocycles. The summed E-state index contributed by atoms with van der Waals surface area (Å²) >= 11 is 2.18. The maximum absolute atomic E-state index is 11.0. The Morgan fingerprint density at radius 1 is 1.46 bits per heavy atom. The molecule has 1 aromatic rings. The minimum atomic E-state index is -0.274. The predicted octanol–water partition coefficient (Wildman–Crippen LogP) is 2.14. The molecule has 0 atom stereocenters. The van der Waals surface area contributed by atoms with Crippen LogP contribution in [0, 0.1) is 14.9 Å². The van der Waals surface area contributed by atoms with Crippen molar-refractivity contribution in [1.29, 1.82) is 5.26 Å². The highest BCUT2D eigenvalue weighted by atomic mass is 127. The van der Waals surface area contributed by atoms with Gasteiger partial charge in [0.25, 0.3) is 0 Å². The second-order valence-corrected chi connectivity index (χ2v) is 3.64. The van der Waals surface area contributed by atoms with E-state index in [4.69, 9.17) is 5.26 Å². The Balaban J connectivity index is 2.60. The van der Waals surface area contributed by atoms with Crippen molar-refractivity contribution in [2.45, 2.75) is 6.42 Å². The molecule has 1 amide bonds. The van der Waals surface area contributed by atoms with Crippen molar-refractivity contribution in [3.05, 3.63) is 27.8 Å². The quantitative estimate of drug-likeness (QED) is 0.847. The van der Waals surface area contributed by atoms with E-state index in [0.717, 1.165) is 9.26 Å². The summed E-state index contributed by atoms with van der Waals surface area (Å²) in [5.74, 6) is -0.274. The van der Waals surface area contributed by atoms with Gasteiger partial charge in [-0.05, 0) is 46.9 Å². The maximum atomic E-state index is 11.0. The van der Waals surface area contributed by atoms with Gasteiger partial charge in [-0.3, -0.25) is 4.79 Å². The van der Waals surface area contributed by atoms with E-state index in [1.807, 2.05) is 12.1 Å². The molecule has 3 nitrogen and oxygen atoms in total. The Morgan fingerprint density at radius 2 is 2.08 bits per heavy atom. The number of hydrogen-bond donors (Lipinski definition) is 1. The van der Waals surface area contributed by atoms with Crippen molar-refractivity contribution in [2.24, 2.45) is 0 Å². The molecule has 1 N–H and O–H groups in total. The van der Waals surface area contributed by atoms with Crippen LogP contribution in [0.5, 0.6) is 0 Å². The van der Waals surface area contributed by atoms with E-state index in [0.29, 0.717) is 0 Å². The summed E-state index contributed by atoms with van der Waals surface area (Å²) in [6, 6.07) is 9.17. The highest BCUT2D eigenvalue weighted by Crippen LogP contribution is 2.10. The van der Waals surface area contributed by atoms with E-state index < -0.39 is 0 Å². The molecule has 4 heteroatoms. The third kappa shape index (κ3) is 3.42. The SMILES string of the molecule is N#CCC(=O)Nc1ccc(I)cc1. The van der Waals surface area contributed by atoms with Crippen LogP contribution in [0.1, 0.15) is 6.42 Å². The fourth-order valence-corrected chi connectivity index (χ4v) is 1.17. The second-order valence-electron chi connectivity index (χ2n) is 2.39. The summed E-state index contributed by atoms with van der Waals surface area (Å²) < 4.78 is 1.11. The lowest BCUT2D eigenvalue weighted by atomic mass is 10.3. The van der Waals surface area contributed by atoms with Gasteiger partial charge in [0.15, 0.2) is 0 Å². The molecule has 1 aromatic carbocycles. The van der Waals surface area contributed by atoms with Crippen LogP contribution in [-0.4, -0.2) is 5.91 Å². The first-order chi connectivity index (χ1) is 6.22. The molecular formula is C9H7IN2O. The van der Waals surface area contributed by atoms with Crippen LogP contribution >= 0.6 is 22.6 Å². The summed E-state index contributed by atoms with van der Waals surface area (Å²) in [6.07, 6.45) is -0.105. The molecule has 0 aromatic heterocycles. The summed E-state index contributed by atoms with van der Waals surface area (Å²) in [4.78, 5) is 11.0. The molecule has 0 saturated heterocycles. The molecule has 0 spiro atoms. The first-order valence-electron chi connectivity index (χ1n) is 3.65. The molecule has 0 unspecified atom stereocenters. The standard InChI is InChI=1S/C9H7IN2O/c10-7-1-3-8(4-2-7)12-9(13)5-6-11/h1-4H,5H2,(H,12,13). The Morgan fingerprint density at radius 3 is 2.62 bits per heavy atom. The van der Waals surface area contributed by atoms with Gasteiger partial charge in [0, 0.05) is 9.26 Å². The zero-order chi connectivity index (χ0) is 9.68. The van der Waals surface area contributed by atoms with E-state index in [9.17, 15) is 4.79 Å². The number of nitrogens with zero attached hydrogens (tertiary/aromatic N) is 1. The third-order valence-corrected chi connectivity index (χ3v) is 2.09. The Bertz CT molecular complexity index is 340. The number of nitrogens with one attached hydrogen (secondary N) is 1. The highest BCUT2D eigenvalue weighted by molar-refractivity contribution is 14.1. The fourth-order valence-electron chi connectivity index (χ4n) is 0.810. The first kappa shape index (κ1) is 9.99. The monoisotopic (exact) mass is 286 g/mol. The Hall–Kier alpha value is -1.09. The zero-order valence-corrected chi connectivity index (χ0v) is 8.91. The van der Waals surface area contributed by atoms with Gasteiger partial charge in [0.2, 0.25) is 5.91 Å². The number of hydrogen-bond acceptors (Lipinski definition) is 2. The van der Waals surface area contributed by atoms with Gasteiger partial charge < -0.3 is 5.32 Å². The number of amides is 1. The summed E-state index contributed by atoms with van der Waals surface area (Å²) in [5, 5.41) is 10.9. The molecule has 13 heavy (non-hydrogen) atoms. The number of halogens is 1. The van der Waals surface area contributed by atoms with Gasteiger partial charge in [-0.1, -0.05) is 0 Å². The van der Waals surface area contributed by atoms with Crippen molar-refractivity contribution >= 4 is 34.2 Å². The van der Waals surface area contributed by atoms with E-state index in [1.165, 1.54) is 0 Å². The minimum Gasteiger partial charge on any atom is -0.325 e. The van der Waals surface area contributed by atoms with Crippen LogP contribution in [0.4, 0.5) is 5.69 Å². The molecule has 1 rings (SSSR count). The predicted molar refractivity (Wildman–Crippen MR) is 58.0 cm³/mol. The van der Waals surface area contributed by atoms with Crippen LogP contribution in [-0.2, 0) is 4.79 Å². The maximum Gasteiger partial charge on any atom is 0.238 e. The Kier molecular flexibility index (Phi) is 3.71. The van der Waals surface area contributed by atoms with Crippen molar-refractivity contribution in [1.82, 2.24) is 0 Å². The smallest absolute Gasteiger partial charge is 0.238 e. The number of benzene rings is 1. The first-order valence-corrected chi connectivity index (χ1v) is 4.72. The fraction of sp³-hybridized carbons (Fsp3) is 0.111. The molecular weight excluding hydrogens is 279 g/mol. The van der Waals surface area contributed by atoms with Gasteiger partial charge in [0.05, 0.1) is 6.07 Å². The molecule has 0 heterocycles. The average Bonchev–Trinajstić information content (AvgIpc) is 2.09.